The van der Waals surface area contributed by atoms with Gasteiger partial charge in [-0.15, -0.1) is 0 Å². The summed E-state index contributed by atoms with van der Waals surface area (Å²) in [7, 11) is -3.87. The first kappa shape index (κ1) is 25.0. The Morgan fingerprint density at radius 3 is 2.35 bits per heavy atom. The van der Waals surface area contributed by atoms with Gasteiger partial charge in [-0.2, -0.15) is 0 Å². The Morgan fingerprint density at radius 1 is 1.06 bits per heavy atom. The highest BCUT2D eigenvalue weighted by Gasteiger charge is 2.27. The van der Waals surface area contributed by atoms with E-state index < -0.39 is 27.1 Å². The number of carbonyl (C=O) groups is 1. The van der Waals surface area contributed by atoms with Crippen molar-refractivity contribution < 1.29 is 22.7 Å². The Morgan fingerprint density at radius 2 is 1.74 bits per heavy atom. The topological polar surface area (TPSA) is 95.5 Å². The van der Waals surface area contributed by atoms with Crippen molar-refractivity contribution in [3.63, 3.8) is 0 Å². The summed E-state index contributed by atoms with van der Waals surface area (Å²) in [6.07, 6.45) is 1.75. The number of carbonyl (C=O) groups excluding carboxylic acids is 1. The van der Waals surface area contributed by atoms with Crippen molar-refractivity contribution in [1.29, 1.82) is 0 Å². The monoisotopic (exact) mass is 450 g/mol. The van der Waals surface area contributed by atoms with E-state index >= 15 is 0 Å². The van der Waals surface area contributed by atoms with Gasteiger partial charge in [0.15, 0.2) is 0 Å². The van der Waals surface area contributed by atoms with Gasteiger partial charge in [-0.1, -0.05) is 6.07 Å². The molecule has 170 valence electrons. The zero-order valence-corrected chi connectivity index (χ0v) is 19.4. The third kappa shape index (κ3) is 7.72. The van der Waals surface area contributed by atoms with E-state index in [0.29, 0.717) is 30.5 Å². The summed E-state index contributed by atoms with van der Waals surface area (Å²) in [5.41, 5.74) is -0.550. The minimum atomic E-state index is -3.87. The first-order chi connectivity index (χ1) is 14.2. The molecule has 0 atom stereocenters. The fourth-order valence-corrected chi connectivity index (χ4v) is 4.65. The molecule has 0 heterocycles. The molecule has 2 rings (SSSR count). The van der Waals surface area contributed by atoms with Gasteiger partial charge in [0, 0.05) is 16.8 Å². The first-order valence-corrected chi connectivity index (χ1v) is 11.6. The van der Waals surface area contributed by atoms with Crippen molar-refractivity contribution >= 4 is 21.6 Å². The molecule has 0 aromatic heterocycles. The van der Waals surface area contributed by atoms with Gasteiger partial charge >= 0.3 is 0 Å². The second kappa shape index (κ2) is 9.46. The quantitative estimate of drug-likeness (QED) is 0.528. The molecule has 0 unspecified atom stereocenters. The number of aryl methyl sites for hydroxylation is 1. The number of amides is 1. The van der Waals surface area contributed by atoms with Gasteiger partial charge in [0.1, 0.15) is 5.82 Å². The summed E-state index contributed by atoms with van der Waals surface area (Å²) in [5, 5.41) is 12.5. The van der Waals surface area contributed by atoms with E-state index in [2.05, 4.69) is 10.0 Å². The van der Waals surface area contributed by atoms with E-state index in [1.165, 1.54) is 42.5 Å². The lowest BCUT2D eigenvalue weighted by molar-refractivity contribution is 0.0665. The van der Waals surface area contributed by atoms with Crippen LogP contribution in [0.4, 0.5) is 10.1 Å². The highest BCUT2D eigenvalue weighted by molar-refractivity contribution is 7.89. The number of sulfonamides is 1. The van der Waals surface area contributed by atoms with Crippen LogP contribution >= 0.6 is 0 Å². The summed E-state index contributed by atoms with van der Waals surface area (Å²) in [4.78, 5) is 12.5. The van der Waals surface area contributed by atoms with E-state index in [-0.39, 0.29) is 16.3 Å². The molecule has 0 saturated heterocycles. The lowest BCUT2D eigenvalue weighted by Gasteiger charge is -2.27. The second-order valence-corrected chi connectivity index (χ2v) is 10.8. The van der Waals surface area contributed by atoms with Crippen molar-refractivity contribution in [3.05, 3.63) is 59.4 Å². The molecule has 31 heavy (non-hydrogen) atoms. The summed E-state index contributed by atoms with van der Waals surface area (Å²) in [5.74, 6) is -0.866. The second-order valence-electron chi connectivity index (χ2n) is 9.10. The molecule has 0 radical (unpaired) electrons. The number of nitrogens with one attached hydrogen (secondary N) is 2. The van der Waals surface area contributed by atoms with Gasteiger partial charge < -0.3 is 10.4 Å². The Labute approximate surface area is 183 Å². The Balaban J connectivity index is 2.13. The number of benzene rings is 2. The van der Waals surface area contributed by atoms with Crippen molar-refractivity contribution in [2.45, 2.75) is 69.9 Å². The van der Waals surface area contributed by atoms with Crippen molar-refractivity contribution in [2.75, 3.05) is 5.32 Å². The Hall–Kier alpha value is -2.29. The molecule has 8 heteroatoms. The normalized spacial score (nSPS) is 12.6. The summed E-state index contributed by atoms with van der Waals surface area (Å²) < 4.78 is 41.9. The van der Waals surface area contributed by atoms with E-state index in [0.717, 1.165) is 0 Å². The highest BCUT2D eigenvalue weighted by Crippen LogP contribution is 2.22. The molecule has 0 fully saturated rings. The molecule has 0 saturated carbocycles. The SMILES string of the molecule is Cc1cc(NC(=O)c2cccc(S(=O)(=O)NC(C)(C)CCCC(C)(C)O)c2)ccc1F. The largest absolute Gasteiger partial charge is 0.390 e. The van der Waals surface area contributed by atoms with Gasteiger partial charge in [-0.05, 0) is 95.8 Å². The molecule has 2 aromatic rings. The maximum Gasteiger partial charge on any atom is 0.255 e. The average Bonchev–Trinajstić information content (AvgIpc) is 2.62. The van der Waals surface area contributed by atoms with Crippen LogP contribution in [0.3, 0.4) is 0 Å². The van der Waals surface area contributed by atoms with Crippen LogP contribution in [0.5, 0.6) is 0 Å². The Kier molecular flexibility index (Phi) is 7.62. The maximum absolute atomic E-state index is 13.4. The predicted octanol–water partition coefficient (Wildman–Crippen LogP) is 4.38. The van der Waals surface area contributed by atoms with Crippen LogP contribution in [0.1, 0.15) is 62.9 Å². The van der Waals surface area contributed by atoms with Crippen LogP contribution < -0.4 is 10.0 Å². The molecule has 0 aliphatic carbocycles. The van der Waals surface area contributed by atoms with E-state index in [4.69, 9.17) is 0 Å². The van der Waals surface area contributed by atoms with Gasteiger partial charge in [0.05, 0.1) is 10.5 Å². The average molecular weight is 451 g/mol. The summed E-state index contributed by atoms with van der Waals surface area (Å²) in [6.45, 7) is 8.58. The molecule has 0 spiro atoms. The van der Waals surface area contributed by atoms with Gasteiger partial charge in [-0.25, -0.2) is 17.5 Å². The van der Waals surface area contributed by atoms with Crippen molar-refractivity contribution in [2.24, 2.45) is 0 Å². The third-order valence-corrected chi connectivity index (χ3v) is 6.52. The van der Waals surface area contributed by atoms with Crippen molar-refractivity contribution in [1.82, 2.24) is 4.72 Å². The maximum atomic E-state index is 13.4. The van der Waals surface area contributed by atoms with Crippen LogP contribution in [0.25, 0.3) is 0 Å². The fourth-order valence-electron chi connectivity index (χ4n) is 3.17. The molecule has 0 aliphatic heterocycles. The Bertz CT molecular complexity index is 1040. The first-order valence-electron chi connectivity index (χ1n) is 10.1. The lowest BCUT2D eigenvalue weighted by Crippen LogP contribution is -2.43. The minimum Gasteiger partial charge on any atom is -0.390 e. The van der Waals surface area contributed by atoms with Crippen molar-refractivity contribution in [3.8, 4) is 0 Å². The molecule has 1 amide bonds. The van der Waals surface area contributed by atoms with Gasteiger partial charge in [0.25, 0.3) is 5.91 Å². The molecule has 2 aromatic carbocycles. The number of hydrogen-bond acceptors (Lipinski definition) is 4. The number of anilines is 1. The van der Waals surface area contributed by atoms with E-state index in [1.54, 1.807) is 34.6 Å². The van der Waals surface area contributed by atoms with E-state index in [1.807, 2.05) is 0 Å². The zero-order chi connectivity index (χ0) is 23.4. The molecule has 0 bridgehead atoms. The van der Waals surface area contributed by atoms with Crippen LogP contribution in [0.15, 0.2) is 47.4 Å². The van der Waals surface area contributed by atoms with Crippen LogP contribution in [-0.4, -0.2) is 30.6 Å². The fraction of sp³-hybridized carbons (Fsp3) is 0.435. The van der Waals surface area contributed by atoms with Crippen LogP contribution in [-0.2, 0) is 10.0 Å². The number of rotatable bonds is 9. The number of halogens is 1. The van der Waals surface area contributed by atoms with Crippen LogP contribution in [0.2, 0.25) is 0 Å². The highest BCUT2D eigenvalue weighted by atomic mass is 32.2. The zero-order valence-electron chi connectivity index (χ0n) is 18.6. The minimum absolute atomic E-state index is 0.0222. The molecule has 0 aliphatic rings. The summed E-state index contributed by atoms with van der Waals surface area (Å²) >= 11 is 0. The molecular weight excluding hydrogens is 419 g/mol. The number of aliphatic hydroxyl groups is 1. The molecule has 6 nitrogen and oxygen atoms in total. The van der Waals surface area contributed by atoms with Gasteiger partial charge in [0.2, 0.25) is 10.0 Å². The van der Waals surface area contributed by atoms with Gasteiger partial charge in [-0.3, -0.25) is 4.79 Å². The standard InChI is InChI=1S/C23H31FN2O4S/c1-16-14-18(10-11-20(16)24)25-21(27)17-8-6-9-19(15-17)31(29,30)26-22(2,3)12-7-13-23(4,5)28/h6,8-11,14-15,26,28H,7,12-13H2,1-5H3,(H,25,27). The smallest absolute Gasteiger partial charge is 0.255 e. The molecule has 3 N–H and O–H groups in total. The number of hydrogen-bond donors (Lipinski definition) is 3. The van der Waals surface area contributed by atoms with Crippen LogP contribution in [0, 0.1) is 12.7 Å². The predicted molar refractivity (Wildman–Crippen MR) is 120 cm³/mol. The van der Waals surface area contributed by atoms with E-state index in [9.17, 15) is 22.7 Å². The lowest BCUT2D eigenvalue weighted by atomic mass is 9.94. The summed E-state index contributed by atoms with van der Waals surface area (Å²) in [6, 6.07) is 9.95. The third-order valence-electron chi connectivity index (χ3n) is 4.82. The molecular formula is C23H31FN2O4S.